The van der Waals surface area contributed by atoms with E-state index in [1.165, 1.54) is 11.1 Å². The van der Waals surface area contributed by atoms with Crippen LogP contribution in [0.15, 0.2) is 48.5 Å². The van der Waals surface area contributed by atoms with E-state index in [4.69, 9.17) is 26.5 Å². The quantitative estimate of drug-likeness (QED) is 0.456. The van der Waals surface area contributed by atoms with E-state index in [2.05, 4.69) is 0 Å². The van der Waals surface area contributed by atoms with Crippen molar-refractivity contribution in [3.63, 3.8) is 0 Å². The molecule has 5 heteroatoms. The van der Waals surface area contributed by atoms with E-state index in [9.17, 15) is 4.79 Å². The standard InChI is InChI=1S/C23H28ClNO3/c1-5-18(21(25)22(26)28-23(2,3)4)15-27-20-12-8-17(9-13-20)14-16-6-10-19(24)11-7-16/h6-13,18,25H,5,14-15H2,1-4H3/t18-/m0/s1. The van der Waals surface area contributed by atoms with Gasteiger partial charge in [-0.25, -0.2) is 4.79 Å². The van der Waals surface area contributed by atoms with Gasteiger partial charge in [-0.15, -0.1) is 0 Å². The molecule has 0 unspecified atom stereocenters. The van der Waals surface area contributed by atoms with E-state index in [1.807, 2.05) is 55.5 Å². The Kier molecular flexibility index (Phi) is 7.64. The molecule has 2 aromatic carbocycles. The van der Waals surface area contributed by atoms with Gasteiger partial charge >= 0.3 is 5.97 Å². The molecule has 2 rings (SSSR count). The number of hydrogen-bond acceptors (Lipinski definition) is 4. The van der Waals surface area contributed by atoms with E-state index in [0.717, 1.165) is 17.2 Å². The topological polar surface area (TPSA) is 59.4 Å². The average molecular weight is 402 g/mol. The molecule has 0 spiro atoms. The van der Waals surface area contributed by atoms with Crippen LogP contribution in [-0.4, -0.2) is 23.9 Å². The molecule has 0 radical (unpaired) electrons. The molecule has 0 aliphatic heterocycles. The molecule has 1 N–H and O–H groups in total. The number of carbonyl (C=O) groups excluding carboxylic acids is 1. The van der Waals surface area contributed by atoms with Crippen molar-refractivity contribution in [3.05, 3.63) is 64.7 Å². The first-order valence-corrected chi connectivity index (χ1v) is 9.83. The highest BCUT2D eigenvalue weighted by atomic mass is 35.5. The maximum Gasteiger partial charge on any atom is 0.352 e. The molecule has 0 bridgehead atoms. The average Bonchev–Trinajstić information content (AvgIpc) is 2.64. The Morgan fingerprint density at radius 1 is 1.04 bits per heavy atom. The molecule has 28 heavy (non-hydrogen) atoms. The van der Waals surface area contributed by atoms with E-state index in [1.54, 1.807) is 20.8 Å². The second-order valence-corrected chi connectivity index (χ2v) is 8.22. The van der Waals surface area contributed by atoms with Crippen molar-refractivity contribution >= 4 is 23.3 Å². The van der Waals surface area contributed by atoms with Crippen LogP contribution < -0.4 is 4.74 Å². The first kappa shape index (κ1) is 22.0. The molecule has 0 heterocycles. The van der Waals surface area contributed by atoms with Gasteiger partial charge in [0.1, 0.15) is 17.1 Å². The summed E-state index contributed by atoms with van der Waals surface area (Å²) in [5, 5.41) is 8.84. The lowest BCUT2D eigenvalue weighted by Crippen LogP contribution is -2.34. The van der Waals surface area contributed by atoms with E-state index < -0.39 is 11.6 Å². The van der Waals surface area contributed by atoms with Crippen LogP contribution in [0.25, 0.3) is 0 Å². The third-order valence-corrected chi connectivity index (χ3v) is 4.47. The molecule has 2 aromatic rings. The van der Waals surface area contributed by atoms with Crippen molar-refractivity contribution in [1.29, 1.82) is 5.41 Å². The number of hydrogen-bond donors (Lipinski definition) is 1. The van der Waals surface area contributed by atoms with Gasteiger partial charge in [-0.05, 0) is 69.0 Å². The molecule has 0 amide bonds. The van der Waals surface area contributed by atoms with Crippen molar-refractivity contribution in [3.8, 4) is 5.75 Å². The second kappa shape index (κ2) is 9.74. The summed E-state index contributed by atoms with van der Waals surface area (Å²) in [7, 11) is 0. The number of ether oxygens (including phenoxy) is 2. The van der Waals surface area contributed by atoms with Crippen LogP contribution in [0.5, 0.6) is 5.75 Å². The summed E-state index contributed by atoms with van der Waals surface area (Å²) < 4.78 is 11.1. The fraction of sp³-hybridized carbons (Fsp3) is 0.391. The van der Waals surface area contributed by atoms with Gasteiger partial charge in [-0.1, -0.05) is 42.8 Å². The predicted octanol–water partition coefficient (Wildman–Crippen LogP) is 5.70. The van der Waals surface area contributed by atoms with Gasteiger partial charge in [0.25, 0.3) is 0 Å². The van der Waals surface area contributed by atoms with Gasteiger partial charge in [0, 0.05) is 10.9 Å². The van der Waals surface area contributed by atoms with Gasteiger partial charge in [0.05, 0.1) is 6.61 Å². The van der Waals surface area contributed by atoms with Crippen molar-refractivity contribution in [1.82, 2.24) is 0 Å². The number of carbonyl (C=O) groups is 1. The highest BCUT2D eigenvalue weighted by Gasteiger charge is 2.26. The zero-order valence-electron chi connectivity index (χ0n) is 16.9. The Labute approximate surface area is 172 Å². The molecular weight excluding hydrogens is 374 g/mol. The van der Waals surface area contributed by atoms with Crippen LogP contribution in [0.2, 0.25) is 5.02 Å². The highest BCUT2D eigenvalue weighted by Crippen LogP contribution is 2.19. The zero-order chi connectivity index (χ0) is 20.7. The molecule has 150 valence electrons. The third-order valence-electron chi connectivity index (χ3n) is 4.22. The fourth-order valence-corrected chi connectivity index (χ4v) is 2.77. The molecular formula is C23H28ClNO3. The molecule has 0 aliphatic carbocycles. The maximum atomic E-state index is 12.1. The van der Waals surface area contributed by atoms with E-state index in [-0.39, 0.29) is 18.2 Å². The number of esters is 1. The SMILES string of the molecule is CC[C@@H](COc1ccc(Cc2ccc(Cl)cc2)cc1)C(=N)C(=O)OC(C)(C)C. The summed E-state index contributed by atoms with van der Waals surface area (Å²) in [5.41, 5.74) is 1.71. The van der Waals surface area contributed by atoms with Gasteiger partial charge in [0.15, 0.2) is 0 Å². The number of nitrogens with one attached hydrogen (secondary N) is 1. The number of benzene rings is 2. The summed E-state index contributed by atoms with van der Waals surface area (Å²) in [6.07, 6.45) is 1.45. The molecule has 1 atom stereocenters. The smallest absolute Gasteiger partial charge is 0.352 e. The monoisotopic (exact) mass is 401 g/mol. The maximum absolute atomic E-state index is 12.1. The lowest BCUT2D eigenvalue weighted by molar-refractivity contribution is -0.146. The minimum Gasteiger partial charge on any atom is -0.493 e. The lowest BCUT2D eigenvalue weighted by atomic mass is 10.0. The lowest BCUT2D eigenvalue weighted by Gasteiger charge is -2.22. The summed E-state index contributed by atoms with van der Waals surface area (Å²) in [6.45, 7) is 7.58. The van der Waals surface area contributed by atoms with Crippen molar-refractivity contribution in [2.24, 2.45) is 5.92 Å². The van der Waals surface area contributed by atoms with E-state index in [0.29, 0.717) is 6.42 Å². The Morgan fingerprint density at radius 3 is 2.07 bits per heavy atom. The minimum absolute atomic E-state index is 0.0446. The Hall–Kier alpha value is -2.33. The Morgan fingerprint density at radius 2 is 1.57 bits per heavy atom. The van der Waals surface area contributed by atoms with Crippen LogP contribution in [0.3, 0.4) is 0 Å². The van der Waals surface area contributed by atoms with Gasteiger partial charge in [-0.3, -0.25) is 5.41 Å². The van der Waals surface area contributed by atoms with Crippen molar-refractivity contribution in [2.75, 3.05) is 6.61 Å². The fourth-order valence-electron chi connectivity index (χ4n) is 2.64. The van der Waals surface area contributed by atoms with Crippen LogP contribution in [0.1, 0.15) is 45.2 Å². The minimum atomic E-state index is -0.609. The van der Waals surface area contributed by atoms with Crippen LogP contribution in [0, 0.1) is 11.3 Å². The summed E-state index contributed by atoms with van der Waals surface area (Å²) >= 11 is 5.92. The number of rotatable bonds is 8. The zero-order valence-corrected chi connectivity index (χ0v) is 17.7. The third kappa shape index (κ3) is 7.01. The largest absolute Gasteiger partial charge is 0.493 e. The van der Waals surface area contributed by atoms with Gasteiger partial charge in [0.2, 0.25) is 0 Å². The number of halogens is 1. The molecule has 4 nitrogen and oxygen atoms in total. The van der Waals surface area contributed by atoms with Crippen LogP contribution in [-0.2, 0) is 16.0 Å². The molecule has 0 saturated heterocycles. The van der Waals surface area contributed by atoms with Crippen molar-refractivity contribution in [2.45, 2.75) is 46.1 Å². The Balaban J connectivity index is 1.91. The van der Waals surface area contributed by atoms with Gasteiger partial charge < -0.3 is 9.47 Å². The van der Waals surface area contributed by atoms with Crippen LogP contribution in [0.4, 0.5) is 0 Å². The first-order chi connectivity index (χ1) is 13.2. The summed E-state index contributed by atoms with van der Waals surface area (Å²) in [6, 6.07) is 15.7. The molecule has 0 aliphatic rings. The van der Waals surface area contributed by atoms with Crippen LogP contribution >= 0.6 is 11.6 Å². The summed E-state index contributed by atoms with van der Waals surface area (Å²) in [4.78, 5) is 12.1. The normalized spacial score (nSPS) is 12.3. The van der Waals surface area contributed by atoms with E-state index >= 15 is 0 Å². The second-order valence-electron chi connectivity index (χ2n) is 7.78. The van der Waals surface area contributed by atoms with Gasteiger partial charge in [-0.2, -0.15) is 0 Å². The Bertz CT molecular complexity index is 792. The summed E-state index contributed by atoms with van der Waals surface area (Å²) in [5.74, 6) is -0.167. The molecule has 0 saturated carbocycles. The highest BCUT2D eigenvalue weighted by molar-refractivity contribution is 6.36. The van der Waals surface area contributed by atoms with Crippen molar-refractivity contribution < 1.29 is 14.3 Å². The molecule has 0 aromatic heterocycles. The first-order valence-electron chi connectivity index (χ1n) is 9.46. The predicted molar refractivity (Wildman–Crippen MR) is 114 cm³/mol. The molecule has 0 fully saturated rings.